The van der Waals surface area contributed by atoms with Gasteiger partial charge in [0.05, 0.1) is 0 Å². The average Bonchev–Trinajstić information content (AvgIpc) is 2.40. The van der Waals surface area contributed by atoms with E-state index in [1.807, 2.05) is 12.1 Å². The topological polar surface area (TPSA) is 23.5 Å². The molecule has 0 atom stereocenters. The van der Waals surface area contributed by atoms with Gasteiger partial charge in [0, 0.05) is 24.7 Å². The number of fused-ring (bicyclic) bond motifs is 1. The Morgan fingerprint density at radius 3 is 2.76 bits per heavy atom. The van der Waals surface area contributed by atoms with Gasteiger partial charge < -0.3 is 5.11 Å². The number of hydrogen-bond acceptors (Lipinski definition) is 2. The standard InChI is InChI=1S/C15H21NO/c17-15-8-4-5-12-9-10-16(11-14(12)15)13-6-2-1-3-7-13/h4-5,8,13,17H,1-3,6-7,9-11H2. The lowest BCUT2D eigenvalue weighted by Crippen LogP contribution is -2.40. The minimum atomic E-state index is 0.489. The fraction of sp³-hybridized carbons (Fsp3) is 0.600. The van der Waals surface area contributed by atoms with Crippen molar-refractivity contribution in [2.45, 2.75) is 51.1 Å². The minimum absolute atomic E-state index is 0.489. The van der Waals surface area contributed by atoms with Gasteiger partial charge in [0.2, 0.25) is 0 Å². The van der Waals surface area contributed by atoms with Gasteiger partial charge in [-0.05, 0) is 30.9 Å². The molecule has 0 radical (unpaired) electrons. The Morgan fingerprint density at radius 1 is 1.12 bits per heavy atom. The molecule has 1 aliphatic carbocycles. The van der Waals surface area contributed by atoms with E-state index >= 15 is 0 Å². The molecule has 17 heavy (non-hydrogen) atoms. The van der Waals surface area contributed by atoms with Crippen molar-refractivity contribution in [3.05, 3.63) is 29.3 Å². The molecule has 0 aromatic heterocycles. The summed E-state index contributed by atoms with van der Waals surface area (Å²) in [5.74, 6) is 0.489. The Bertz CT molecular complexity index is 396. The van der Waals surface area contributed by atoms with Crippen LogP contribution < -0.4 is 0 Å². The van der Waals surface area contributed by atoms with Crippen molar-refractivity contribution in [3.63, 3.8) is 0 Å². The van der Waals surface area contributed by atoms with Gasteiger partial charge in [0.25, 0.3) is 0 Å². The summed E-state index contributed by atoms with van der Waals surface area (Å²) in [7, 11) is 0. The normalized spacial score (nSPS) is 22.4. The monoisotopic (exact) mass is 231 g/mol. The Morgan fingerprint density at radius 2 is 1.94 bits per heavy atom. The molecule has 0 unspecified atom stereocenters. The summed E-state index contributed by atoms with van der Waals surface area (Å²) in [6, 6.07) is 6.71. The highest BCUT2D eigenvalue weighted by molar-refractivity contribution is 5.40. The predicted molar refractivity (Wildman–Crippen MR) is 69.1 cm³/mol. The lowest BCUT2D eigenvalue weighted by molar-refractivity contribution is 0.139. The maximum Gasteiger partial charge on any atom is 0.120 e. The Balaban J connectivity index is 1.77. The number of hydrogen-bond donors (Lipinski definition) is 1. The Kier molecular flexibility index (Phi) is 3.06. The first-order chi connectivity index (χ1) is 8.34. The van der Waals surface area contributed by atoms with Crippen LogP contribution in [0.4, 0.5) is 0 Å². The molecule has 2 heteroatoms. The second-order valence-corrected chi connectivity index (χ2v) is 5.43. The van der Waals surface area contributed by atoms with Crippen molar-refractivity contribution in [2.24, 2.45) is 0 Å². The van der Waals surface area contributed by atoms with Crippen LogP contribution in [0.15, 0.2) is 18.2 Å². The Labute approximate surface area is 103 Å². The summed E-state index contributed by atoms with van der Waals surface area (Å²) >= 11 is 0. The number of rotatable bonds is 1. The number of nitrogens with zero attached hydrogens (tertiary/aromatic N) is 1. The van der Waals surface area contributed by atoms with E-state index in [1.165, 1.54) is 49.8 Å². The van der Waals surface area contributed by atoms with Crippen LogP contribution in [0.1, 0.15) is 43.2 Å². The van der Waals surface area contributed by atoms with Gasteiger partial charge in [0.1, 0.15) is 5.75 Å². The Hall–Kier alpha value is -1.02. The highest BCUT2D eigenvalue weighted by atomic mass is 16.3. The minimum Gasteiger partial charge on any atom is -0.508 e. The molecular formula is C15H21NO. The third kappa shape index (κ3) is 2.19. The van der Waals surface area contributed by atoms with Crippen LogP contribution in [-0.2, 0) is 13.0 Å². The zero-order valence-electron chi connectivity index (χ0n) is 10.4. The molecule has 1 fully saturated rings. The van der Waals surface area contributed by atoms with Crippen LogP contribution in [0.25, 0.3) is 0 Å². The van der Waals surface area contributed by atoms with E-state index in [0.717, 1.165) is 19.0 Å². The van der Waals surface area contributed by atoms with Crippen molar-refractivity contribution in [1.82, 2.24) is 4.90 Å². The molecule has 92 valence electrons. The van der Waals surface area contributed by atoms with E-state index in [4.69, 9.17) is 0 Å². The molecule has 1 aromatic carbocycles. The number of benzene rings is 1. The first-order valence-electron chi connectivity index (χ1n) is 6.88. The summed E-state index contributed by atoms with van der Waals surface area (Å²) in [5, 5.41) is 9.95. The van der Waals surface area contributed by atoms with Crippen molar-refractivity contribution in [2.75, 3.05) is 6.54 Å². The molecule has 2 nitrogen and oxygen atoms in total. The highest BCUT2D eigenvalue weighted by Gasteiger charge is 2.25. The van der Waals surface area contributed by atoms with E-state index in [2.05, 4.69) is 11.0 Å². The van der Waals surface area contributed by atoms with E-state index in [9.17, 15) is 5.11 Å². The first-order valence-corrected chi connectivity index (χ1v) is 6.88. The third-order valence-corrected chi connectivity index (χ3v) is 4.37. The quantitative estimate of drug-likeness (QED) is 0.803. The number of phenols is 1. The van der Waals surface area contributed by atoms with Crippen molar-refractivity contribution in [1.29, 1.82) is 0 Å². The van der Waals surface area contributed by atoms with Gasteiger partial charge in [-0.3, -0.25) is 4.90 Å². The largest absolute Gasteiger partial charge is 0.508 e. The number of aromatic hydroxyl groups is 1. The van der Waals surface area contributed by atoms with Crippen LogP contribution in [-0.4, -0.2) is 22.6 Å². The van der Waals surface area contributed by atoms with Gasteiger partial charge in [-0.2, -0.15) is 0 Å². The summed E-state index contributed by atoms with van der Waals surface area (Å²) in [4.78, 5) is 2.58. The van der Waals surface area contributed by atoms with Crippen molar-refractivity contribution < 1.29 is 5.11 Å². The molecule has 3 rings (SSSR count). The smallest absolute Gasteiger partial charge is 0.120 e. The predicted octanol–water partition coefficient (Wildman–Crippen LogP) is 3.08. The molecule has 1 aliphatic heterocycles. The SMILES string of the molecule is Oc1cccc2c1CN(C1CCCCC1)CC2. The maximum atomic E-state index is 9.95. The highest BCUT2D eigenvalue weighted by Crippen LogP contribution is 2.31. The van der Waals surface area contributed by atoms with Crippen LogP contribution in [0, 0.1) is 0 Å². The third-order valence-electron chi connectivity index (χ3n) is 4.37. The molecule has 0 bridgehead atoms. The molecule has 1 saturated carbocycles. The molecule has 0 saturated heterocycles. The van der Waals surface area contributed by atoms with E-state index in [1.54, 1.807) is 0 Å². The van der Waals surface area contributed by atoms with Crippen LogP contribution >= 0.6 is 0 Å². The molecule has 1 heterocycles. The zero-order valence-corrected chi connectivity index (χ0v) is 10.4. The molecule has 1 N–H and O–H groups in total. The average molecular weight is 231 g/mol. The van der Waals surface area contributed by atoms with Crippen LogP contribution in [0.5, 0.6) is 5.75 Å². The molecular weight excluding hydrogens is 210 g/mol. The number of phenolic OH excluding ortho intramolecular Hbond substituents is 1. The maximum absolute atomic E-state index is 9.95. The van der Waals surface area contributed by atoms with Crippen molar-refractivity contribution in [3.8, 4) is 5.75 Å². The molecule has 0 amide bonds. The van der Waals surface area contributed by atoms with Gasteiger partial charge in [0.15, 0.2) is 0 Å². The van der Waals surface area contributed by atoms with Gasteiger partial charge in [-0.15, -0.1) is 0 Å². The van der Waals surface area contributed by atoms with Gasteiger partial charge in [-0.1, -0.05) is 31.4 Å². The fourth-order valence-electron chi connectivity index (χ4n) is 3.34. The van der Waals surface area contributed by atoms with Crippen LogP contribution in [0.3, 0.4) is 0 Å². The fourth-order valence-corrected chi connectivity index (χ4v) is 3.34. The molecule has 0 spiro atoms. The van der Waals surface area contributed by atoms with Gasteiger partial charge >= 0.3 is 0 Å². The lowest BCUT2D eigenvalue weighted by Gasteiger charge is -2.37. The summed E-state index contributed by atoms with van der Waals surface area (Å²) in [6.45, 7) is 2.12. The zero-order chi connectivity index (χ0) is 11.7. The van der Waals surface area contributed by atoms with E-state index < -0.39 is 0 Å². The first kappa shape index (κ1) is 11.1. The summed E-state index contributed by atoms with van der Waals surface area (Å²) in [5.41, 5.74) is 2.52. The summed E-state index contributed by atoms with van der Waals surface area (Å²) in [6.07, 6.45) is 7.97. The molecule has 2 aliphatic rings. The van der Waals surface area contributed by atoms with E-state index in [-0.39, 0.29) is 0 Å². The summed E-state index contributed by atoms with van der Waals surface area (Å²) < 4.78 is 0. The van der Waals surface area contributed by atoms with E-state index in [0.29, 0.717) is 5.75 Å². The molecule has 1 aromatic rings. The van der Waals surface area contributed by atoms with Crippen LogP contribution in [0.2, 0.25) is 0 Å². The van der Waals surface area contributed by atoms with Crippen molar-refractivity contribution >= 4 is 0 Å². The second kappa shape index (κ2) is 4.69. The lowest BCUT2D eigenvalue weighted by atomic mass is 9.91. The van der Waals surface area contributed by atoms with Gasteiger partial charge in [-0.25, -0.2) is 0 Å². The second-order valence-electron chi connectivity index (χ2n) is 5.43.